The Balaban J connectivity index is 2.23. The number of allylic oxidation sites excluding steroid dienone is 1. The predicted octanol–water partition coefficient (Wildman–Crippen LogP) is 2.08. The molecule has 0 radical (unpaired) electrons. The number of fused-ring (bicyclic) bond motifs is 5. The standard InChI is InChI=1S/C14H13N5O/c1-7-8-4-3-5-9-10(12(8)18-20-7)11-13(15)16-6-17-14(11)19(9)2/h3-4,6H,5H2,1-2H3,(H2,15,16,17). The van der Waals surface area contributed by atoms with Gasteiger partial charge in [-0.3, -0.25) is 0 Å². The van der Waals surface area contributed by atoms with Crippen LogP contribution in [-0.4, -0.2) is 19.7 Å². The minimum atomic E-state index is 0.473. The van der Waals surface area contributed by atoms with Crippen LogP contribution in [0.5, 0.6) is 0 Å². The molecule has 1 aliphatic rings. The smallest absolute Gasteiger partial charge is 0.146 e. The summed E-state index contributed by atoms with van der Waals surface area (Å²) in [5.74, 6) is 1.27. The molecule has 0 saturated carbocycles. The number of nitrogen functional groups attached to an aromatic ring is 1. The molecule has 0 amide bonds. The second kappa shape index (κ2) is 3.69. The van der Waals surface area contributed by atoms with Crippen LogP contribution in [0.15, 0.2) is 16.9 Å². The van der Waals surface area contributed by atoms with Crippen molar-refractivity contribution in [1.29, 1.82) is 0 Å². The molecule has 6 heteroatoms. The molecule has 2 N–H and O–H groups in total. The van der Waals surface area contributed by atoms with E-state index in [4.69, 9.17) is 10.3 Å². The lowest BCUT2D eigenvalue weighted by Crippen LogP contribution is -1.97. The van der Waals surface area contributed by atoms with E-state index in [0.29, 0.717) is 5.82 Å². The number of aromatic nitrogens is 4. The molecule has 0 aromatic carbocycles. The van der Waals surface area contributed by atoms with Crippen LogP contribution in [0.2, 0.25) is 0 Å². The fourth-order valence-electron chi connectivity index (χ4n) is 2.86. The van der Waals surface area contributed by atoms with Crippen LogP contribution in [0.4, 0.5) is 5.82 Å². The monoisotopic (exact) mass is 267 g/mol. The van der Waals surface area contributed by atoms with Crippen molar-refractivity contribution in [2.45, 2.75) is 13.3 Å². The highest BCUT2D eigenvalue weighted by Gasteiger charge is 2.26. The van der Waals surface area contributed by atoms with E-state index in [2.05, 4.69) is 21.2 Å². The molecule has 0 spiro atoms. The third kappa shape index (κ3) is 1.25. The Labute approximate surface area is 114 Å². The van der Waals surface area contributed by atoms with Gasteiger partial charge < -0.3 is 14.8 Å². The molecule has 0 bridgehead atoms. The summed E-state index contributed by atoms with van der Waals surface area (Å²) in [5.41, 5.74) is 10.8. The number of anilines is 1. The van der Waals surface area contributed by atoms with Crippen molar-refractivity contribution < 1.29 is 4.52 Å². The maximum atomic E-state index is 6.07. The van der Waals surface area contributed by atoms with E-state index in [1.807, 2.05) is 24.6 Å². The second-order valence-corrected chi connectivity index (χ2v) is 4.95. The maximum Gasteiger partial charge on any atom is 0.146 e. The van der Waals surface area contributed by atoms with Gasteiger partial charge in [0.05, 0.1) is 5.39 Å². The summed E-state index contributed by atoms with van der Waals surface area (Å²) in [6.45, 7) is 1.91. The second-order valence-electron chi connectivity index (χ2n) is 4.95. The predicted molar refractivity (Wildman–Crippen MR) is 75.9 cm³/mol. The first kappa shape index (κ1) is 11.2. The number of nitrogens with two attached hydrogens (primary N) is 1. The van der Waals surface area contributed by atoms with Gasteiger partial charge in [-0.1, -0.05) is 17.3 Å². The Morgan fingerprint density at radius 3 is 3.05 bits per heavy atom. The van der Waals surface area contributed by atoms with Crippen molar-refractivity contribution in [1.82, 2.24) is 19.7 Å². The highest BCUT2D eigenvalue weighted by molar-refractivity contribution is 6.03. The summed E-state index contributed by atoms with van der Waals surface area (Å²) in [7, 11) is 1.99. The molecule has 0 fully saturated rings. The van der Waals surface area contributed by atoms with Crippen LogP contribution in [0.3, 0.4) is 0 Å². The summed E-state index contributed by atoms with van der Waals surface area (Å²) < 4.78 is 7.38. The molecule has 0 unspecified atom stereocenters. The van der Waals surface area contributed by atoms with Gasteiger partial charge in [0.1, 0.15) is 29.2 Å². The summed E-state index contributed by atoms with van der Waals surface area (Å²) in [4.78, 5) is 8.46. The molecule has 3 aromatic heterocycles. The zero-order valence-corrected chi connectivity index (χ0v) is 11.2. The van der Waals surface area contributed by atoms with Crippen molar-refractivity contribution in [3.8, 4) is 11.3 Å². The van der Waals surface area contributed by atoms with Gasteiger partial charge in [-0.2, -0.15) is 0 Å². The van der Waals surface area contributed by atoms with Gasteiger partial charge in [-0.15, -0.1) is 0 Å². The van der Waals surface area contributed by atoms with Crippen LogP contribution in [0.1, 0.15) is 17.0 Å². The first-order chi connectivity index (χ1) is 9.68. The highest BCUT2D eigenvalue weighted by Crippen LogP contribution is 2.40. The third-order valence-corrected chi connectivity index (χ3v) is 3.86. The van der Waals surface area contributed by atoms with E-state index in [0.717, 1.165) is 45.7 Å². The van der Waals surface area contributed by atoms with E-state index in [1.165, 1.54) is 6.33 Å². The molecule has 20 heavy (non-hydrogen) atoms. The Morgan fingerprint density at radius 2 is 2.20 bits per heavy atom. The lowest BCUT2D eigenvalue weighted by atomic mass is 10.1. The van der Waals surface area contributed by atoms with E-state index >= 15 is 0 Å². The summed E-state index contributed by atoms with van der Waals surface area (Å²) >= 11 is 0. The highest BCUT2D eigenvalue weighted by atomic mass is 16.5. The van der Waals surface area contributed by atoms with Gasteiger partial charge in [0, 0.05) is 30.3 Å². The van der Waals surface area contributed by atoms with E-state index < -0.39 is 0 Å². The lowest BCUT2D eigenvalue weighted by molar-refractivity contribution is 0.399. The molecule has 0 atom stereocenters. The van der Waals surface area contributed by atoms with Crippen molar-refractivity contribution >= 4 is 22.9 Å². The quantitative estimate of drug-likeness (QED) is 0.674. The van der Waals surface area contributed by atoms with Gasteiger partial charge in [-0.05, 0) is 6.92 Å². The van der Waals surface area contributed by atoms with Gasteiger partial charge in [0.2, 0.25) is 0 Å². The fraction of sp³-hybridized carbons (Fsp3) is 0.214. The zero-order chi connectivity index (χ0) is 13.9. The first-order valence-electron chi connectivity index (χ1n) is 6.39. The number of hydrogen-bond donors (Lipinski definition) is 1. The first-order valence-corrected chi connectivity index (χ1v) is 6.39. The van der Waals surface area contributed by atoms with Crippen LogP contribution < -0.4 is 5.73 Å². The molecular weight excluding hydrogens is 254 g/mol. The minimum Gasteiger partial charge on any atom is -0.383 e. The average molecular weight is 267 g/mol. The van der Waals surface area contributed by atoms with Crippen LogP contribution >= 0.6 is 0 Å². The lowest BCUT2D eigenvalue weighted by Gasteiger charge is -2.01. The van der Waals surface area contributed by atoms with Gasteiger partial charge in [0.25, 0.3) is 0 Å². The Bertz CT molecular complexity index is 871. The molecule has 3 heterocycles. The summed E-state index contributed by atoms with van der Waals surface area (Å²) in [6, 6.07) is 0. The topological polar surface area (TPSA) is 82.8 Å². The van der Waals surface area contributed by atoms with E-state index in [9.17, 15) is 0 Å². The molecule has 100 valence electrons. The largest absolute Gasteiger partial charge is 0.383 e. The van der Waals surface area contributed by atoms with Crippen molar-refractivity contribution in [3.05, 3.63) is 29.4 Å². The molecule has 0 aliphatic heterocycles. The molecule has 0 saturated heterocycles. The van der Waals surface area contributed by atoms with Crippen molar-refractivity contribution in [2.24, 2.45) is 7.05 Å². The van der Waals surface area contributed by atoms with Crippen LogP contribution in [0, 0.1) is 6.92 Å². The van der Waals surface area contributed by atoms with Gasteiger partial charge in [-0.25, -0.2) is 9.97 Å². The molecule has 3 aromatic rings. The maximum absolute atomic E-state index is 6.07. The van der Waals surface area contributed by atoms with Crippen molar-refractivity contribution in [2.75, 3.05) is 5.73 Å². The van der Waals surface area contributed by atoms with Gasteiger partial charge >= 0.3 is 0 Å². The molecule has 1 aliphatic carbocycles. The number of nitrogens with zero attached hydrogens (tertiary/aromatic N) is 4. The van der Waals surface area contributed by atoms with Gasteiger partial charge in [0.15, 0.2) is 0 Å². The van der Waals surface area contributed by atoms with Crippen LogP contribution in [0.25, 0.3) is 28.4 Å². The number of hydrogen-bond acceptors (Lipinski definition) is 5. The fourth-order valence-corrected chi connectivity index (χ4v) is 2.86. The number of aryl methyl sites for hydroxylation is 2. The summed E-state index contributed by atoms with van der Waals surface area (Å²) in [5, 5.41) is 5.06. The molecular formula is C14H13N5O. The third-order valence-electron chi connectivity index (χ3n) is 3.86. The Morgan fingerprint density at radius 1 is 1.35 bits per heavy atom. The number of rotatable bonds is 0. The normalized spacial score (nSPS) is 13.3. The Kier molecular flexibility index (Phi) is 2.07. The zero-order valence-electron chi connectivity index (χ0n) is 11.2. The SMILES string of the molecule is Cc1onc2c1C=CCc1c-2c2c(N)ncnc2n1C. The average Bonchev–Trinajstić information content (AvgIpc) is 2.85. The Hall–Kier alpha value is -2.63. The molecule has 6 nitrogen and oxygen atoms in total. The van der Waals surface area contributed by atoms with Crippen LogP contribution in [-0.2, 0) is 13.5 Å². The molecule has 4 rings (SSSR count). The summed E-state index contributed by atoms with van der Waals surface area (Å²) in [6.07, 6.45) is 6.45. The minimum absolute atomic E-state index is 0.473. The van der Waals surface area contributed by atoms with E-state index in [-0.39, 0.29) is 0 Å². The van der Waals surface area contributed by atoms with Crippen molar-refractivity contribution in [3.63, 3.8) is 0 Å². The van der Waals surface area contributed by atoms with E-state index in [1.54, 1.807) is 0 Å².